The van der Waals surface area contributed by atoms with Crippen LogP contribution in [0.15, 0.2) is 22.1 Å². The number of hydrogen-bond acceptors (Lipinski definition) is 4. The zero-order chi connectivity index (χ0) is 14.2. The molecule has 2 heterocycles. The minimum Gasteiger partial charge on any atom is -0.287 e. The van der Waals surface area contributed by atoms with Crippen molar-refractivity contribution >= 4 is 33.3 Å². The first-order chi connectivity index (χ1) is 8.95. The summed E-state index contributed by atoms with van der Waals surface area (Å²) in [6.07, 6.45) is 0. The van der Waals surface area contributed by atoms with E-state index in [0.717, 1.165) is 32.3 Å². The van der Waals surface area contributed by atoms with Gasteiger partial charge in [0.25, 0.3) is 5.56 Å². The van der Waals surface area contributed by atoms with Gasteiger partial charge in [-0.15, -0.1) is 11.3 Å². The summed E-state index contributed by atoms with van der Waals surface area (Å²) in [4.78, 5) is 19.2. The molecule has 5 heteroatoms. The van der Waals surface area contributed by atoms with Crippen LogP contribution in [-0.2, 0) is 6.54 Å². The third kappa shape index (κ3) is 2.62. The van der Waals surface area contributed by atoms with Gasteiger partial charge in [-0.25, -0.2) is 4.98 Å². The third-order valence-electron chi connectivity index (χ3n) is 3.02. The minimum absolute atomic E-state index is 0.0820. The van der Waals surface area contributed by atoms with E-state index >= 15 is 0 Å². The van der Waals surface area contributed by atoms with Crippen molar-refractivity contribution in [3.8, 4) is 0 Å². The monoisotopic (exact) mass is 294 g/mol. The fourth-order valence-electron chi connectivity index (χ4n) is 1.89. The molecule has 0 bridgehead atoms. The highest BCUT2D eigenvalue weighted by Crippen LogP contribution is 2.28. The zero-order valence-corrected chi connectivity index (χ0v) is 13.4. The van der Waals surface area contributed by atoms with Crippen LogP contribution in [0, 0.1) is 13.8 Å². The average molecular weight is 294 g/mol. The Morgan fingerprint density at radius 1 is 1.47 bits per heavy atom. The Morgan fingerprint density at radius 2 is 2.16 bits per heavy atom. The van der Waals surface area contributed by atoms with Gasteiger partial charge in [-0.2, -0.15) is 0 Å². The molecular weight excluding hydrogens is 276 g/mol. The van der Waals surface area contributed by atoms with Gasteiger partial charge < -0.3 is 0 Å². The van der Waals surface area contributed by atoms with Gasteiger partial charge in [0.15, 0.2) is 5.16 Å². The third-order valence-corrected chi connectivity index (χ3v) is 5.33. The molecular formula is C14H18N2OS2. The molecule has 3 nitrogen and oxygen atoms in total. The quantitative estimate of drug-likeness (QED) is 0.489. The molecule has 0 saturated carbocycles. The molecule has 0 atom stereocenters. The number of fused-ring (bicyclic) bond motifs is 1. The maximum atomic E-state index is 12.6. The maximum absolute atomic E-state index is 12.6. The second-order valence-electron chi connectivity index (χ2n) is 4.65. The lowest BCUT2D eigenvalue weighted by atomic mass is 10.2. The van der Waals surface area contributed by atoms with Gasteiger partial charge in [0.05, 0.1) is 5.39 Å². The normalized spacial score (nSPS) is 11.2. The summed E-state index contributed by atoms with van der Waals surface area (Å²) in [6.45, 7) is 12.5. The second-order valence-corrected chi connectivity index (χ2v) is 6.80. The lowest BCUT2D eigenvalue weighted by molar-refractivity contribution is 0.635. The Morgan fingerprint density at radius 3 is 2.74 bits per heavy atom. The molecule has 0 fully saturated rings. The number of thioether (sulfide) groups is 1. The first-order valence-corrected chi connectivity index (χ1v) is 8.03. The Labute approximate surface area is 121 Å². The Bertz CT molecular complexity index is 698. The number of hydrogen-bond donors (Lipinski definition) is 0. The van der Waals surface area contributed by atoms with Crippen molar-refractivity contribution in [2.24, 2.45) is 0 Å². The van der Waals surface area contributed by atoms with Crippen LogP contribution in [0.1, 0.15) is 24.3 Å². The SMILES string of the molecule is C=C(C)CSc1nc2sc(C)c(C)c2c(=O)n1CC. The van der Waals surface area contributed by atoms with E-state index < -0.39 is 0 Å². The summed E-state index contributed by atoms with van der Waals surface area (Å²) in [5.74, 6) is 0.793. The molecule has 0 aromatic carbocycles. The van der Waals surface area contributed by atoms with E-state index in [1.807, 2.05) is 27.7 Å². The van der Waals surface area contributed by atoms with Crippen molar-refractivity contribution in [2.75, 3.05) is 5.75 Å². The highest BCUT2D eigenvalue weighted by Gasteiger charge is 2.15. The predicted octanol–water partition coefficient (Wildman–Crippen LogP) is 3.76. The van der Waals surface area contributed by atoms with Crippen LogP contribution in [0.5, 0.6) is 0 Å². The smallest absolute Gasteiger partial charge is 0.263 e. The molecule has 0 radical (unpaired) electrons. The van der Waals surface area contributed by atoms with E-state index in [1.165, 1.54) is 4.88 Å². The summed E-state index contributed by atoms with van der Waals surface area (Å²) in [7, 11) is 0. The van der Waals surface area contributed by atoms with Crippen LogP contribution in [0.4, 0.5) is 0 Å². The molecule has 0 unspecified atom stereocenters. The van der Waals surface area contributed by atoms with Gasteiger partial charge in [-0.3, -0.25) is 9.36 Å². The molecule has 0 aliphatic heterocycles. The zero-order valence-electron chi connectivity index (χ0n) is 11.7. The molecule has 102 valence electrons. The van der Waals surface area contributed by atoms with Gasteiger partial charge in [-0.1, -0.05) is 23.9 Å². The molecule has 19 heavy (non-hydrogen) atoms. The summed E-state index contributed by atoms with van der Waals surface area (Å²) < 4.78 is 1.76. The molecule has 0 amide bonds. The van der Waals surface area contributed by atoms with Crippen molar-refractivity contribution in [3.63, 3.8) is 0 Å². The summed E-state index contributed by atoms with van der Waals surface area (Å²) in [5.41, 5.74) is 2.23. The van der Waals surface area contributed by atoms with Crippen LogP contribution in [-0.4, -0.2) is 15.3 Å². The van der Waals surface area contributed by atoms with Crippen LogP contribution >= 0.6 is 23.1 Å². The molecule has 0 aliphatic rings. The van der Waals surface area contributed by atoms with Crippen molar-refractivity contribution < 1.29 is 0 Å². The minimum atomic E-state index is 0.0820. The Kier molecular flexibility index (Phi) is 4.16. The maximum Gasteiger partial charge on any atom is 0.263 e. The molecule has 0 N–H and O–H groups in total. The fraction of sp³-hybridized carbons (Fsp3) is 0.429. The molecule has 0 spiro atoms. The standard InChI is InChI=1S/C14H18N2OS2/c1-6-16-13(17)11-9(4)10(5)19-12(11)15-14(16)18-7-8(2)3/h2,6-7H2,1,3-5H3. The summed E-state index contributed by atoms with van der Waals surface area (Å²) in [5, 5.41) is 1.58. The number of aryl methyl sites for hydroxylation is 2. The molecule has 0 aliphatic carbocycles. The van der Waals surface area contributed by atoms with Crippen molar-refractivity contribution in [2.45, 2.75) is 39.4 Å². The van der Waals surface area contributed by atoms with Crippen LogP contribution < -0.4 is 5.56 Å². The van der Waals surface area contributed by atoms with Gasteiger partial charge in [0, 0.05) is 17.2 Å². The van der Waals surface area contributed by atoms with E-state index in [9.17, 15) is 4.79 Å². The van der Waals surface area contributed by atoms with Gasteiger partial charge in [0.1, 0.15) is 4.83 Å². The molecule has 2 aromatic rings. The predicted molar refractivity (Wildman–Crippen MR) is 84.6 cm³/mol. The van der Waals surface area contributed by atoms with Gasteiger partial charge >= 0.3 is 0 Å². The largest absolute Gasteiger partial charge is 0.287 e. The topological polar surface area (TPSA) is 34.9 Å². The first-order valence-electron chi connectivity index (χ1n) is 6.23. The van der Waals surface area contributed by atoms with Crippen LogP contribution in [0.2, 0.25) is 0 Å². The van der Waals surface area contributed by atoms with E-state index in [4.69, 9.17) is 0 Å². The number of aromatic nitrogens is 2. The van der Waals surface area contributed by atoms with Crippen LogP contribution in [0.3, 0.4) is 0 Å². The first kappa shape index (κ1) is 14.3. The average Bonchev–Trinajstić information content (AvgIpc) is 2.62. The second kappa shape index (κ2) is 5.51. The van der Waals surface area contributed by atoms with Crippen LogP contribution in [0.25, 0.3) is 10.2 Å². The van der Waals surface area contributed by atoms with E-state index in [2.05, 4.69) is 11.6 Å². The number of rotatable bonds is 4. The Balaban J connectivity index is 2.65. The van der Waals surface area contributed by atoms with E-state index in [-0.39, 0.29) is 5.56 Å². The van der Waals surface area contributed by atoms with Crippen molar-refractivity contribution in [1.29, 1.82) is 0 Å². The lowest BCUT2D eigenvalue weighted by Crippen LogP contribution is -2.22. The van der Waals surface area contributed by atoms with Gasteiger partial charge in [-0.05, 0) is 33.3 Å². The molecule has 2 rings (SSSR count). The van der Waals surface area contributed by atoms with Gasteiger partial charge in [0.2, 0.25) is 0 Å². The highest BCUT2D eigenvalue weighted by molar-refractivity contribution is 7.99. The lowest BCUT2D eigenvalue weighted by Gasteiger charge is -2.09. The fourth-order valence-corrected chi connectivity index (χ4v) is 3.86. The number of nitrogens with zero attached hydrogens (tertiary/aromatic N) is 2. The van der Waals surface area contributed by atoms with E-state index in [0.29, 0.717) is 6.54 Å². The highest BCUT2D eigenvalue weighted by atomic mass is 32.2. The van der Waals surface area contributed by atoms with Crippen molar-refractivity contribution in [3.05, 3.63) is 32.9 Å². The number of thiophene rings is 1. The van der Waals surface area contributed by atoms with E-state index in [1.54, 1.807) is 27.7 Å². The molecule has 0 saturated heterocycles. The summed E-state index contributed by atoms with van der Waals surface area (Å²) >= 11 is 3.18. The van der Waals surface area contributed by atoms with Crippen molar-refractivity contribution in [1.82, 2.24) is 9.55 Å². The summed E-state index contributed by atoms with van der Waals surface area (Å²) in [6, 6.07) is 0. The Hall–Kier alpha value is -1.07. The molecule has 2 aromatic heterocycles.